The van der Waals surface area contributed by atoms with Crippen molar-refractivity contribution >= 4 is 12.0 Å². The fourth-order valence-corrected chi connectivity index (χ4v) is 3.41. The fourth-order valence-electron chi connectivity index (χ4n) is 3.41. The Bertz CT molecular complexity index is 1070. The Kier molecular flexibility index (Phi) is 8.25. The second kappa shape index (κ2) is 11.3. The molecule has 0 saturated carbocycles. The molecule has 0 aliphatic carbocycles. The Labute approximate surface area is 196 Å². The minimum Gasteiger partial charge on any atom is -0.449 e. The predicted octanol–water partition coefficient (Wildman–Crippen LogP) is 5.60. The quantitative estimate of drug-likeness (QED) is 0.475. The molecule has 5 nitrogen and oxygen atoms in total. The Hall–Kier alpha value is -3.60. The number of alkyl carbamates (subject to hydrolysis) is 1. The average molecular weight is 445 g/mol. The van der Waals surface area contributed by atoms with Crippen molar-refractivity contribution < 1.29 is 14.3 Å². The minimum atomic E-state index is -0.452. The summed E-state index contributed by atoms with van der Waals surface area (Å²) in [5, 5.41) is 5.85. The average Bonchev–Trinajstić information content (AvgIpc) is 2.82. The summed E-state index contributed by atoms with van der Waals surface area (Å²) < 4.78 is 5.30. The van der Waals surface area contributed by atoms with E-state index < -0.39 is 6.09 Å². The van der Waals surface area contributed by atoms with Gasteiger partial charge in [-0.2, -0.15) is 0 Å². The van der Waals surface area contributed by atoms with E-state index in [1.807, 2.05) is 87.5 Å². The van der Waals surface area contributed by atoms with E-state index in [4.69, 9.17) is 4.74 Å². The highest BCUT2D eigenvalue weighted by Gasteiger charge is 2.16. The summed E-state index contributed by atoms with van der Waals surface area (Å²) >= 11 is 0. The topological polar surface area (TPSA) is 67.4 Å². The van der Waals surface area contributed by atoms with Crippen molar-refractivity contribution in [1.82, 2.24) is 10.6 Å². The molecule has 2 N–H and O–H groups in total. The smallest absolute Gasteiger partial charge is 0.407 e. The molecule has 0 aliphatic heterocycles. The number of carbonyl (C=O) groups excluding carboxylic acids is 2. The van der Waals surface area contributed by atoms with Crippen LogP contribution in [-0.4, -0.2) is 25.2 Å². The molecule has 0 atom stereocenters. The maximum absolute atomic E-state index is 13.0. The highest BCUT2D eigenvalue weighted by molar-refractivity contribution is 6.01. The summed E-state index contributed by atoms with van der Waals surface area (Å²) in [6.07, 6.45) is 0.318. The number of hydrogen-bond donors (Lipinski definition) is 2. The van der Waals surface area contributed by atoms with Gasteiger partial charge in [0.25, 0.3) is 5.91 Å². The van der Waals surface area contributed by atoms with E-state index >= 15 is 0 Å². The van der Waals surface area contributed by atoms with Crippen LogP contribution in [0.25, 0.3) is 11.1 Å². The van der Waals surface area contributed by atoms with Gasteiger partial charge in [0.2, 0.25) is 0 Å². The van der Waals surface area contributed by atoms with E-state index in [0.717, 1.165) is 23.1 Å². The Morgan fingerprint density at radius 3 is 2.15 bits per heavy atom. The van der Waals surface area contributed by atoms with Crippen LogP contribution in [0.1, 0.15) is 42.3 Å². The summed E-state index contributed by atoms with van der Waals surface area (Å²) in [5.74, 6) is -0.117. The summed E-state index contributed by atoms with van der Waals surface area (Å²) in [7, 11) is 0. The van der Waals surface area contributed by atoms with Crippen LogP contribution in [0.3, 0.4) is 0 Å². The van der Waals surface area contributed by atoms with E-state index in [0.29, 0.717) is 25.3 Å². The van der Waals surface area contributed by atoms with Crippen LogP contribution >= 0.6 is 0 Å². The molecule has 3 aromatic carbocycles. The monoisotopic (exact) mass is 444 g/mol. The lowest BCUT2D eigenvalue weighted by Gasteiger charge is -2.18. The molecule has 0 spiro atoms. The summed E-state index contributed by atoms with van der Waals surface area (Å²) in [6.45, 7) is 7.24. The maximum Gasteiger partial charge on any atom is 0.407 e. The Balaban J connectivity index is 1.70. The van der Waals surface area contributed by atoms with Gasteiger partial charge in [-0.3, -0.25) is 4.79 Å². The number of hydrogen-bond acceptors (Lipinski definition) is 3. The van der Waals surface area contributed by atoms with E-state index in [2.05, 4.69) is 22.8 Å². The van der Waals surface area contributed by atoms with Crippen LogP contribution in [0.4, 0.5) is 4.79 Å². The van der Waals surface area contributed by atoms with Crippen LogP contribution in [0.15, 0.2) is 78.9 Å². The summed E-state index contributed by atoms with van der Waals surface area (Å²) in [6, 6.07) is 25.4. The lowest BCUT2D eigenvalue weighted by molar-refractivity contribution is 0.0954. The van der Waals surface area contributed by atoms with E-state index in [-0.39, 0.29) is 11.3 Å². The van der Waals surface area contributed by atoms with Crippen molar-refractivity contribution in [2.24, 2.45) is 5.41 Å². The van der Waals surface area contributed by atoms with Crippen LogP contribution in [0.2, 0.25) is 0 Å². The summed E-state index contributed by atoms with van der Waals surface area (Å²) in [4.78, 5) is 25.1. The van der Waals surface area contributed by atoms with Gasteiger partial charge in [0.05, 0.1) is 6.61 Å². The van der Waals surface area contributed by atoms with Gasteiger partial charge in [-0.15, -0.1) is 0 Å². The van der Waals surface area contributed by atoms with Crippen LogP contribution in [0.5, 0.6) is 0 Å². The highest BCUT2D eigenvalue weighted by Crippen LogP contribution is 2.27. The third-order valence-electron chi connectivity index (χ3n) is 5.08. The largest absolute Gasteiger partial charge is 0.449 e. The van der Waals surface area contributed by atoms with Gasteiger partial charge in [-0.05, 0) is 40.2 Å². The van der Waals surface area contributed by atoms with Gasteiger partial charge < -0.3 is 15.4 Å². The van der Waals surface area contributed by atoms with Crippen LogP contribution < -0.4 is 10.6 Å². The first-order valence-corrected chi connectivity index (χ1v) is 11.2. The van der Waals surface area contributed by atoms with Crippen LogP contribution in [0, 0.1) is 5.41 Å². The van der Waals surface area contributed by atoms with Crippen molar-refractivity contribution in [1.29, 1.82) is 0 Å². The number of ether oxygens (including phenoxy) is 1. The van der Waals surface area contributed by atoms with Gasteiger partial charge in [0, 0.05) is 18.7 Å². The zero-order valence-electron chi connectivity index (χ0n) is 19.6. The van der Waals surface area contributed by atoms with Gasteiger partial charge in [0.15, 0.2) is 0 Å². The van der Waals surface area contributed by atoms with Crippen molar-refractivity contribution in [3.05, 3.63) is 95.6 Å². The molecule has 0 bridgehead atoms. The first-order valence-electron chi connectivity index (χ1n) is 11.2. The summed E-state index contributed by atoms with van der Waals surface area (Å²) in [5.41, 5.74) is 4.34. The molecular weight excluding hydrogens is 412 g/mol. The molecule has 0 heterocycles. The molecule has 3 aromatic rings. The molecule has 0 saturated heterocycles. The van der Waals surface area contributed by atoms with Crippen LogP contribution in [-0.2, 0) is 17.7 Å². The molecule has 0 radical (unpaired) electrons. The number of carbonyl (C=O) groups is 2. The molecular formula is C28H32N2O3. The molecule has 0 aromatic heterocycles. The molecule has 2 amide bonds. The third-order valence-corrected chi connectivity index (χ3v) is 5.08. The van der Waals surface area contributed by atoms with Crippen molar-refractivity contribution in [3.8, 4) is 11.1 Å². The number of amides is 2. The molecule has 33 heavy (non-hydrogen) atoms. The lowest BCUT2D eigenvalue weighted by Crippen LogP contribution is -2.28. The molecule has 172 valence electrons. The second-order valence-corrected chi connectivity index (χ2v) is 9.18. The number of rotatable bonds is 8. The van der Waals surface area contributed by atoms with E-state index in [9.17, 15) is 9.59 Å². The van der Waals surface area contributed by atoms with Crippen molar-refractivity contribution in [2.75, 3.05) is 13.2 Å². The number of nitrogens with one attached hydrogen (secondary N) is 2. The normalized spacial score (nSPS) is 11.0. The van der Waals surface area contributed by atoms with E-state index in [1.54, 1.807) is 0 Å². The van der Waals surface area contributed by atoms with Gasteiger partial charge >= 0.3 is 6.09 Å². The second-order valence-electron chi connectivity index (χ2n) is 9.18. The molecule has 5 heteroatoms. The molecule has 0 aliphatic rings. The zero-order valence-corrected chi connectivity index (χ0v) is 19.6. The molecule has 0 fully saturated rings. The standard InChI is InChI=1S/C28H32N2O3/c1-28(2,3)20-33-27(32)30-19-22-13-7-8-14-23(22)24-15-9-10-16-25(24)26(31)29-18-17-21-11-5-4-6-12-21/h4-16H,17-20H2,1-3H3,(H,29,31)(H,30,32). The van der Waals surface area contributed by atoms with Crippen molar-refractivity contribution in [2.45, 2.75) is 33.7 Å². The first kappa shape index (κ1) is 24.1. The molecule has 0 unspecified atom stereocenters. The maximum atomic E-state index is 13.0. The Morgan fingerprint density at radius 1 is 0.788 bits per heavy atom. The van der Waals surface area contributed by atoms with Crippen molar-refractivity contribution in [3.63, 3.8) is 0 Å². The zero-order chi connectivity index (χ0) is 23.7. The third kappa shape index (κ3) is 7.49. The number of benzene rings is 3. The first-order chi connectivity index (χ1) is 15.8. The van der Waals surface area contributed by atoms with Gasteiger partial charge in [-0.25, -0.2) is 4.79 Å². The Morgan fingerprint density at radius 2 is 1.42 bits per heavy atom. The lowest BCUT2D eigenvalue weighted by atomic mass is 9.95. The SMILES string of the molecule is CC(C)(C)COC(=O)NCc1ccccc1-c1ccccc1C(=O)NCCc1ccccc1. The highest BCUT2D eigenvalue weighted by atomic mass is 16.5. The predicted molar refractivity (Wildman–Crippen MR) is 132 cm³/mol. The molecule has 3 rings (SSSR count). The minimum absolute atomic E-state index is 0.0952. The van der Waals surface area contributed by atoms with E-state index in [1.165, 1.54) is 5.56 Å². The van der Waals surface area contributed by atoms with Gasteiger partial charge in [0.1, 0.15) is 0 Å². The van der Waals surface area contributed by atoms with Gasteiger partial charge in [-0.1, -0.05) is 93.6 Å². The fraction of sp³-hybridized carbons (Fsp3) is 0.286.